The number of rotatable bonds is 67. The van der Waals surface area contributed by atoms with Gasteiger partial charge in [0, 0.05) is 19.4 Å². The van der Waals surface area contributed by atoms with Crippen molar-refractivity contribution in [2.24, 2.45) is 0 Å². The predicted molar refractivity (Wildman–Crippen MR) is 449 cm³/mol. The second kappa shape index (κ2) is 62.5. The SMILES string of the molecule is CCCCCCCCCCCCCC(=O)O[C@H](CCCCCCCCCCC)CC(=O)NCCCO[C@@H]1O[C@H](COC(=O)OC(C)(C)C(Cl)(Cl)Cl)[C@@H](OP(=O)(Oc2ccccc2)Oc2ccccc2)[C@H](OC(=O)C[C@@H](CCCCCCCCCCC)OC(=O)CCCCCCCCCCCCC)[C@H]1NC(=O)OCC(Cl)(Cl)Cl. The first kappa shape index (κ1) is 102. The largest absolute Gasteiger partial charge is 0.588 e. The minimum atomic E-state index is -5.13. The molecule has 644 valence electrons. The molecule has 1 aliphatic heterocycles. The summed E-state index contributed by atoms with van der Waals surface area (Å²) in [4.78, 5) is 84.5. The number of alkyl carbamates (subject to hydrolysis) is 1. The Labute approximate surface area is 702 Å². The van der Waals surface area contributed by atoms with E-state index in [0.29, 0.717) is 25.7 Å². The van der Waals surface area contributed by atoms with Crippen molar-refractivity contribution in [3.05, 3.63) is 60.7 Å². The molecule has 0 radical (unpaired) electrons. The normalized spacial score (nSPS) is 16.6. The summed E-state index contributed by atoms with van der Waals surface area (Å²) in [6.07, 6.45) is 32.6. The van der Waals surface area contributed by atoms with Gasteiger partial charge >= 0.3 is 38.0 Å². The summed E-state index contributed by atoms with van der Waals surface area (Å²) >= 11 is 37.1. The van der Waals surface area contributed by atoms with Crippen molar-refractivity contribution in [3.8, 4) is 11.5 Å². The fourth-order valence-electron chi connectivity index (χ4n) is 13.1. The molecule has 2 N–H and O–H groups in total. The number of ether oxygens (including phenoxy) is 8. The fourth-order valence-corrected chi connectivity index (χ4v) is 14.8. The third kappa shape index (κ3) is 50.8. The number of benzene rings is 2. The van der Waals surface area contributed by atoms with Crippen LogP contribution in [0.4, 0.5) is 9.59 Å². The highest BCUT2D eigenvalue weighted by Gasteiger charge is 2.55. The standard InChI is InChI=1S/C85H139Cl6N2O18P/c1-7-11-15-19-23-27-29-33-37-41-51-60-74(95)104-70(58-45-39-35-31-25-21-17-13-9-3)64-73(94)92-62-53-63-101-80-77(93-81(98)103-67-84(86,87)88)79(107-76(97)65-71(59-46-40-36-32-26-22-18-14-10-4)105-75(96)61-52-42-38-34-30-28-24-20-16-12-8-2)78(72(106-80)66-102-82(99)108-83(5,6)85(89,90)91)111-112(100,109-68-54-47-43-48-55-68)110-69-56-49-44-50-57-69/h43-44,47-50,54-57,70-72,77-80H,7-42,45-46,51-53,58-67H2,1-6H3,(H,92,94)(H,93,98)/t70-,71-,72-,77-,78-,79-,80-/m1/s1. The molecular weight excluding hydrogens is 1580 g/mol. The van der Waals surface area contributed by atoms with E-state index < -0.39 is 108 Å². The summed E-state index contributed by atoms with van der Waals surface area (Å²) < 4.78 is 78.7. The van der Waals surface area contributed by atoms with Gasteiger partial charge in [-0.15, -0.1) is 0 Å². The number of phosphoric acid groups is 1. The minimum absolute atomic E-state index is 0.00455. The molecule has 0 aliphatic carbocycles. The zero-order valence-corrected chi connectivity index (χ0v) is 73.9. The molecule has 2 aromatic carbocycles. The molecule has 2 aromatic rings. The van der Waals surface area contributed by atoms with Gasteiger partial charge in [-0.3, -0.25) is 23.7 Å². The van der Waals surface area contributed by atoms with Gasteiger partial charge in [0.1, 0.15) is 55.2 Å². The number of esters is 3. The third-order valence-electron chi connectivity index (χ3n) is 19.7. The van der Waals surface area contributed by atoms with Gasteiger partial charge in [-0.25, -0.2) is 14.2 Å². The second-order valence-electron chi connectivity index (χ2n) is 30.4. The van der Waals surface area contributed by atoms with Crippen LogP contribution in [0.2, 0.25) is 0 Å². The number of nitrogens with one attached hydrogen (secondary N) is 2. The quantitative estimate of drug-likeness (QED) is 0.0205. The van der Waals surface area contributed by atoms with E-state index in [1.165, 1.54) is 167 Å². The van der Waals surface area contributed by atoms with E-state index in [4.69, 9.17) is 121 Å². The van der Waals surface area contributed by atoms with Crippen LogP contribution in [0.5, 0.6) is 11.5 Å². The van der Waals surface area contributed by atoms with E-state index in [1.807, 2.05) is 0 Å². The molecule has 0 bridgehead atoms. The van der Waals surface area contributed by atoms with Crippen molar-refractivity contribution in [1.29, 1.82) is 0 Å². The second-order valence-corrected chi connectivity index (χ2v) is 36.6. The Kier molecular flexibility index (Phi) is 57.2. The van der Waals surface area contributed by atoms with Crippen LogP contribution in [0.1, 0.15) is 343 Å². The lowest BCUT2D eigenvalue weighted by Gasteiger charge is -2.45. The van der Waals surface area contributed by atoms with Crippen LogP contribution in [0, 0.1) is 0 Å². The number of carbonyl (C=O) groups is 6. The fraction of sp³-hybridized carbons (Fsp3) is 0.788. The Morgan fingerprint density at radius 1 is 0.482 bits per heavy atom. The molecule has 1 saturated heterocycles. The molecule has 1 fully saturated rings. The van der Waals surface area contributed by atoms with Crippen molar-refractivity contribution in [2.75, 3.05) is 26.4 Å². The summed E-state index contributed by atoms with van der Waals surface area (Å²) in [5.74, 6) is -2.18. The smallest absolute Gasteiger partial charge is 0.462 e. The lowest BCUT2D eigenvalue weighted by Crippen LogP contribution is -2.66. The molecule has 1 aliphatic rings. The lowest BCUT2D eigenvalue weighted by molar-refractivity contribution is -0.271. The number of alkyl halides is 6. The van der Waals surface area contributed by atoms with Crippen LogP contribution in [-0.2, 0) is 66.2 Å². The molecule has 27 heteroatoms. The minimum Gasteiger partial charge on any atom is -0.462 e. The highest BCUT2D eigenvalue weighted by atomic mass is 35.6. The first-order valence-electron chi connectivity index (χ1n) is 42.6. The van der Waals surface area contributed by atoms with Crippen LogP contribution >= 0.6 is 77.4 Å². The van der Waals surface area contributed by atoms with Crippen LogP contribution < -0.4 is 19.7 Å². The number of amides is 2. The molecule has 3 rings (SSSR count). The summed E-state index contributed by atoms with van der Waals surface area (Å²) in [5, 5.41) is 5.57. The maximum absolute atomic E-state index is 15.8. The van der Waals surface area contributed by atoms with Crippen molar-refractivity contribution in [1.82, 2.24) is 10.6 Å². The van der Waals surface area contributed by atoms with Crippen molar-refractivity contribution >= 4 is 113 Å². The number of phosphoric ester groups is 1. The van der Waals surface area contributed by atoms with E-state index >= 15 is 9.36 Å². The zero-order chi connectivity index (χ0) is 82.0. The zero-order valence-electron chi connectivity index (χ0n) is 68.4. The van der Waals surface area contributed by atoms with Crippen LogP contribution in [0.25, 0.3) is 0 Å². The number of halogens is 6. The number of unbranched alkanes of at least 4 members (excludes halogenated alkanes) is 36. The molecular formula is C85H139Cl6N2O18P. The van der Waals surface area contributed by atoms with E-state index in [1.54, 1.807) is 36.4 Å². The van der Waals surface area contributed by atoms with Crippen LogP contribution in [-0.4, -0.2) is 118 Å². The average molecular weight is 1720 g/mol. The van der Waals surface area contributed by atoms with Gasteiger partial charge < -0.3 is 57.6 Å². The summed E-state index contributed by atoms with van der Waals surface area (Å²) in [6, 6.07) is 14.0. The number of hydrogen-bond donors (Lipinski definition) is 2. The molecule has 0 aromatic heterocycles. The van der Waals surface area contributed by atoms with Crippen LogP contribution in [0.15, 0.2) is 60.7 Å². The molecule has 0 saturated carbocycles. The number of hydrogen-bond acceptors (Lipinski definition) is 18. The predicted octanol–water partition coefficient (Wildman–Crippen LogP) is 25.4. The van der Waals surface area contributed by atoms with Crippen molar-refractivity contribution < 1.29 is 84.8 Å². The van der Waals surface area contributed by atoms with Gasteiger partial charge in [0.05, 0.1) is 19.4 Å². The van der Waals surface area contributed by atoms with E-state index in [-0.39, 0.29) is 68.6 Å². The summed E-state index contributed by atoms with van der Waals surface area (Å²) in [7, 11) is -5.13. The van der Waals surface area contributed by atoms with Gasteiger partial charge in [0.15, 0.2) is 18.0 Å². The average Bonchev–Trinajstić information content (AvgIpc) is 0.772. The third-order valence-corrected chi connectivity index (χ3v) is 22.7. The van der Waals surface area contributed by atoms with Gasteiger partial charge in [-0.1, -0.05) is 365 Å². The Morgan fingerprint density at radius 2 is 0.875 bits per heavy atom. The van der Waals surface area contributed by atoms with Crippen LogP contribution in [0.3, 0.4) is 0 Å². The van der Waals surface area contributed by atoms with Crippen molar-refractivity contribution in [3.63, 3.8) is 0 Å². The van der Waals surface area contributed by atoms with Gasteiger partial charge in [0.25, 0.3) is 0 Å². The Balaban J connectivity index is 2.09. The van der Waals surface area contributed by atoms with Gasteiger partial charge in [-0.2, -0.15) is 0 Å². The number of carbonyl (C=O) groups excluding carboxylic acids is 6. The summed E-state index contributed by atoms with van der Waals surface area (Å²) in [5.41, 5.74) is -1.80. The first-order chi connectivity index (χ1) is 53.8. The lowest BCUT2D eigenvalue weighted by atomic mass is 9.96. The molecule has 7 atom stereocenters. The van der Waals surface area contributed by atoms with Gasteiger partial charge in [-0.05, 0) is 83.1 Å². The maximum Gasteiger partial charge on any atom is 0.588 e. The molecule has 0 spiro atoms. The molecule has 20 nitrogen and oxygen atoms in total. The first-order valence-corrected chi connectivity index (χ1v) is 46.4. The van der Waals surface area contributed by atoms with E-state index in [9.17, 15) is 24.0 Å². The number of para-hydroxylation sites is 2. The van der Waals surface area contributed by atoms with Crippen molar-refractivity contribution in [2.45, 2.75) is 399 Å². The highest BCUT2D eigenvalue weighted by molar-refractivity contribution is 7.49. The topological polar surface area (TPSA) is 245 Å². The molecule has 0 unspecified atom stereocenters. The monoisotopic (exact) mass is 1720 g/mol. The Morgan fingerprint density at radius 3 is 1.28 bits per heavy atom. The van der Waals surface area contributed by atoms with Gasteiger partial charge in [0.2, 0.25) is 13.5 Å². The maximum atomic E-state index is 15.8. The van der Waals surface area contributed by atoms with E-state index in [2.05, 4.69) is 38.3 Å². The van der Waals surface area contributed by atoms with E-state index in [0.717, 1.165) is 109 Å². The Bertz CT molecular complexity index is 2780. The summed E-state index contributed by atoms with van der Waals surface area (Å²) in [6.45, 7) is 9.59. The molecule has 1 heterocycles. The molecule has 112 heavy (non-hydrogen) atoms. The Hall–Kier alpha value is -3.69. The highest BCUT2D eigenvalue weighted by Crippen LogP contribution is 2.53. The molecule has 2 amide bonds.